The molecule has 142 valence electrons. The van der Waals surface area contributed by atoms with Gasteiger partial charge in [-0.25, -0.2) is 4.79 Å². The highest BCUT2D eigenvalue weighted by Crippen LogP contribution is 2.30. The van der Waals surface area contributed by atoms with Crippen LogP contribution < -0.4 is 21.3 Å². The fraction of sp³-hybridized carbons (Fsp3) is 0.526. The van der Waals surface area contributed by atoms with Crippen LogP contribution in [0.25, 0.3) is 0 Å². The molecule has 0 aromatic heterocycles. The van der Waals surface area contributed by atoms with Gasteiger partial charge in [0.2, 0.25) is 11.8 Å². The number of nitrogens with one attached hydrogen (secondary N) is 4. The molecule has 1 aromatic carbocycles. The highest BCUT2D eigenvalue weighted by atomic mass is 16.2. The van der Waals surface area contributed by atoms with Crippen LogP contribution in [0.15, 0.2) is 24.3 Å². The molecule has 0 aliphatic heterocycles. The van der Waals surface area contributed by atoms with Crippen molar-refractivity contribution in [3.63, 3.8) is 0 Å². The zero-order valence-corrected chi connectivity index (χ0v) is 15.8. The van der Waals surface area contributed by atoms with Crippen molar-refractivity contribution in [1.29, 1.82) is 0 Å². The van der Waals surface area contributed by atoms with E-state index in [1.807, 2.05) is 52.0 Å². The molecule has 1 saturated carbocycles. The lowest BCUT2D eigenvalue weighted by molar-refractivity contribution is -0.121. The summed E-state index contributed by atoms with van der Waals surface area (Å²) < 4.78 is 0. The number of hydrogen-bond donors (Lipinski definition) is 4. The van der Waals surface area contributed by atoms with Gasteiger partial charge in [0, 0.05) is 17.1 Å². The van der Waals surface area contributed by atoms with Gasteiger partial charge in [-0.05, 0) is 58.2 Å². The Kier molecular flexibility index (Phi) is 6.23. The van der Waals surface area contributed by atoms with Gasteiger partial charge < -0.3 is 21.3 Å². The summed E-state index contributed by atoms with van der Waals surface area (Å²) in [5.74, 6) is -0.0117. The van der Waals surface area contributed by atoms with Gasteiger partial charge in [-0.3, -0.25) is 9.59 Å². The zero-order valence-electron chi connectivity index (χ0n) is 15.8. The lowest BCUT2D eigenvalue weighted by Gasteiger charge is -2.21. The van der Waals surface area contributed by atoms with E-state index >= 15 is 0 Å². The van der Waals surface area contributed by atoms with E-state index in [4.69, 9.17) is 0 Å². The Morgan fingerprint density at radius 1 is 1.12 bits per heavy atom. The van der Waals surface area contributed by atoms with E-state index in [1.54, 1.807) is 0 Å². The fourth-order valence-electron chi connectivity index (χ4n) is 2.40. The van der Waals surface area contributed by atoms with Crippen molar-refractivity contribution in [3.05, 3.63) is 29.8 Å². The Balaban J connectivity index is 1.77. The van der Waals surface area contributed by atoms with Crippen LogP contribution in [0.2, 0.25) is 0 Å². The maximum absolute atomic E-state index is 11.9. The molecule has 0 unspecified atom stereocenters. The van der Waals surface area contributed by atoms with Gasteiger partial charge in [-0.2, -0.15) is 0 Å². The number of carbonyl (C=O) groups excluding carboxylic acids is 3. The summed E-state index contributed by atoms with van der Waals surface area (Å²) >= 11 is 0. The number of carbonyl (C=O) groups is 3. The molecular weight excluding hydrogens is 332 g/mol. The second-order valence-corrected chi connectivity index (χ2v) is 7.73. The maximum atomic E-state index is 11.9. The summed E-state index contributed by atoms with van der Waals surface area (Å²) in [7, 11) is 0. The molecule has 1 fully saturated rings. The Morgan fingerprint density at radius 3 is 2.27 bits per heavy atom. The van der Waals surface area contributed by atoms with Gasteiger partial charge in [-0.15, -0.1) is 0 Å². The van der Waals surface area contributed by atoms with Crippen molar-refractivity contribution < 1.29 is 14.4 Å². The Bertz CT molecular complexity index is 660. The predicted molar refractivity (Wildman–Crippen MR) is 101 cm³/mol. The van der Waals surface area contributed by atoms with Crippen molar-refractivity contribution in [2.45, 2.75) is 52.1 Å². The number of rotatable bonds is 6. The van der Waals surface area contributed by atoms with Crippen molar-refractivity contribution in [1.82, 2.24) is 16.0 Å². The number of hydrogen-bond acceptors (Lipinski definition) is 3. The third-order valence-corrected chi connectivity index (χ3v) is 3.90. The number of benzene rings is 1. The second-order valence-electron chi connectivity index (χ2n) is 7.73. The molecule has 26 heavy (non-hydrogen) atoms. The average Bonchev–Trinajstić information content (AvgIpc) is 3.37. The number of amides is 4. The van der Waals surface area contributed by atoms with Crippen molar-refractivity contribution in [3.8, 4) is 0 Å². The van der Waals surface area contributed by atoms with E-state index in [0.29, 0.717) is 0 Å². The van der Waals surface area contributed by atoms with E-state index in [9.17, 15) is 14.4 Å². The first kappa shape index (κ1) is 19.8. The topological polar surface area (TPSA) is 99.3 Å². The minimum absolute atomic E-state index is 0.0665. The minimum atomic E-state index is -0.410. The summed E-state index contributed by atoms with van der Waals surface area (Å²) in [5.41, 5.74) is 1.32. The SMILES string of the molecule is C[C@@H](NC(=O)NCC(=O)NC(C)(C)C)c1ccc(NC(=O)C2CC2)cc1. The Hall–Kier alpha value is -2.57. The highest BCUT2D eigenvalue weighted by Gasteiger charge is 2.29. The molecule has 0 heterocycles. The number of urea groups is 1. The standard InChI is InChI=1S/C19H28N4O3/c1-12(21-18(26)20-11-16(24)23-19(2,3)4)13-7-9-15(10-8-13)22-17(25)14-5-6-14/h7-10,12,14H,5-6,11H2,1-4H3,(H,22,25)(H,23,24)(H2,20,21,26)/t12-/m1/s1. The van der Waals surface area contributed by atoms with E-state index in [-0.39, 0.29) is 35.9 Å². The van der Waals surface area contributed by atoms with Crippen LogP contribution in [0.1, 0.15) is 52.1 Å². The summed E-state index contributed by atoms with van der Waals surface area (Å²) in [6.45, 7) is 7.41. The van der Waals surface area contributed by atoms with Gasteiger partial charge in [0.25, 0.3) is 0 Å². The maximum Gasteiger partial charge on any atom is 0.315 e. The largest absolute Gasteiger partial charge is 0.350 e. The molecular formula is C19H28N4O3. The lowest BCUT2D eigenvalue weighted by atomic mass is 10.1. The second kappa shape index (κ2) is 8.21. The number of anilines is 1. The first-order chi connectivity index (χ1) is 12.1. The van der Waals surface area contributed by atoms with Crippen LogP contribution in [0.5, 0.6) is 0 Å². The van der Waals surface area contributed by atoms with E-state index in [2.05, 4.69) is 21.3 Å². The summed E-state index contributed by atoms with van der Waals surface area (Å²) in [5, 5.41) is 11.0. The highest BCUT2D eigenvalue weighted by molar-refractivity contribution is 5.94. The molecule has 4 amide bonds. The quantitative estimate of drug-likeness (QED) is 0.626. The van der Waals surface area contributed by atoms with Gasteiger partial charge in [0.05, 0.1) is 12.6 Å². The van der Waals surface area contributed by atoms with Crippen LogP contribution in [-0.4, -0.2) is 29.9 Å². The van der Waals surface area contributed by atoms with E-state index in [1.165, 1.54) is 0 Å². The van der Waals surface area contributed by atoms with Crippen LogP contribution >= 0.6 is 0 Å². The Morgan fingerprint density at radius 2 is 1.73 bits per heavy atom. The molecule has 7 heteroatoms. The third-order valence-electron chi connectivity index (χ3n) is 3.90. The Labute approximate surface area is 154 Å². The van der Waals surface area contributed by atoms with Gasteiger partial charge in [0.1, 0.15) is 0 Å². The molecule has 0 saturated heterocycles. The molecule has 2 rings (SSSR count). The monoisotopic (exact) mass is 360 g/mol. The van der Waals surface area contributed by atoms with Crippen LogP contribution in [0, 0.1) is 5.92 Å². The molecule has 1 aliphatic rings. The van der Waals surface area contributed by atoms with E-state index in [0.717, 1.165) is 24.1 Å². The lowest BCUT2D eigenvalue weighted by Crippen LogP contribution is -2.47. The normalized spacial score (nSPS) is 14.9. The van der Waals surface area contributed by atoms with Crippen molar-refractivity contribution in [2.24, 2.45) is 5.92 Å². The molecule has 1 atom stereocenters. The average molecular weight is 360 g/mol. The smallest absolute Gasteiger partial charge is 0.315 e. The first-order valence-electron chi connectivity index (χ1n) is 8.90. The third kappa shape index (κ3) is 6.74. The first-order valence-corrected chi connectivity index (χ1v) is 8.90. The summed E-state index contributed by atoms with van der Waals surface area (Å²) in [4.78, 5) is 35.4. The van der Waals surface area contributed by atoms with Crippen LogP contribution in [0.4, 0.5) is 10.5 Å². The summed E-state index contributed by atoms with van der Waals surface area (Å²) in [6.07, 6.45) is 1.93. The molecule has 0 bridgehead atoms. The van der Waals surface area contributed by atoms with E-state index < -0.39 is 6.03 Å². The zero-order chi connectivity index (χ0) is 19.3. The van der Waals surface area contributed by atoms with Gasteiger partial charge >= 0.3 is 6.03 Å². The van der Waals surface area contributed by atoms with Crippen LogP contribution in [-0.2, 0) is 9.59 Å². The predicted octanol–water partition coefficient (Wildman–Crippen LogP) is 2.31. The van der Waals surface area contributed by atoms with Crippen molar-refractivity contribution >= 4 is 23.5 Å². The fourth-order valence-corrected chi connectivity index (χ4v) is 2.40. The molecule has 1 aliphatic carbocycles. The van der Waals surface area contributed by atoms with Gasteiger partial charge in [-0.1, -0.05) is 12.1 Å². The molecule has 0 radical (unpaired) electrons. The van der Waals surface area contributed by atoms with Crippen molar-refractivity contribution in [2.75, 3.05) is 11.9 Å². The molecule has 4 N–H and O–H groups in total. The van der Waals surface area contributed by atoms with Gasteiger partial charge in [0.15, 0.2) is 0 Å². The molecule has 1 aromatic rings. The minimum Gasteiger partial charge on any atom is -0.350 e. The van der Waals surface area contributed by atoms with Crippen LogP contribution in [0.3, 0.4) is 0 Å². The summed E-state index contributed by atoms with van der Waals surface area (Å²) in [6, 6.07) is 6.73. The molecule has 7 nitrogen and oxygen atoms in total. The molecule has 0 spiro atoms.